The topological polar surface area (TPSA) is 149 Å². The van der Waals surface area contributed by atoms with Crippen LogP contribution in [0.15, 0.2) is 85.6 Å². The molecular weight excluding hydrogens is 506 g/mol. The number of likely N-dealkylation sites (tertiary alicyclic amines) is 1. The van der Waals surface area contributed by atoms with Crippen LogP contribution in [-0.4, -0.2) is 43.8 Å². The highest BCUT2D eigenvalue weighted by atomic mass is 16.2. The first-order valence-corrected chi connectivity index (χ1v) is 12.9. The van der Waals surface area contributed by atoms with Crippen LogP contribution in [0, 0.1) is 0 Å². The lowest BCUT2D eigenvalue weighted by Gasteiger charge is -2.34. The predicted octanol–water partition coefficient (Wildman–Crippen LogP) is 3.92. The molecule has 5 N–H and O–H groups in total. The third kappa shape index (κ3) is 5.19. The third-order valence-electron chi connectivity index (χ3n) is 6.96. The van der Waals surface area contributed by atoms with Crippen molar-refractivity contribution in [1.29, 1.82) is 0 Å². The van der Waals surface area contributed by atoms with Gasteiger partial charge in [0.2, 0.25) is 5.91 Å². The van der Waals surface area contributed by atoms with Crippen LogP contribution in [0.1, 0.15) is 52.0 Å². The van der Waals surface area contributed by atoms with E-state index in [4.69, 9.17) is 11.6 Å². The van der Waals surface area contributed by atoms with Crippen LogP contribution < -0.4 is 16.9 Å². The summed E-state index contributed by atoms with van der Waals surface area (Å²) in [6.07, 6.45) is 5.28. The minimum Gasteiger partial charge on any atom is -0.364 e. The number of hydrogen-bond donors (Lipinski definition) is 3. The number of imidazole rings is 1. The zero-order valence-corrected chi connectivity index (χ0v) is 21.8. The molecule has 0 bridgehead atoms. The van der Waals surface area contributed by atoms with Crippen LogP contribution in [0.3, 0.4) is 0 Å². The van der Waals surface area contributed by atoms with Crippen molar-refractivity contribution in [3.05, 3.63) is 103 Å². The predicted molar refractivity (Wildman–Crippen MR) is 152 cm³/mol. The number of carbonyl (C=O) groups is 3. The minimum atomic E-state index is -0.750. The highest BCUT2D eigenvalue weighted by molar-refractivity contribution is 6.04. The van der Waals surface area contributed by atoms with Crippen molar-refractivity contribution >= 4 is 23.5 Å². The Bertz CT molecular complexity index is 1580. The number of aromatic nitrogens is 3. The fourth-order valence-corrected chi connectivity index (χ4v) is 4.98. The van der Waals surface area contributed by atoms with Crippen LogP contribution >= 0.6 is 0 Å². The van der Waals surface area contributed by atoms with Crippen molar-refractivity contribution < 1.29 is 14.4 Å². The van der Waals surface area contributed by atoms with Crippen molar-refractivity contribution in [3.8, 4) is 22.4 Å². The lowest BCUT2D eigenvalue weighted by Crippen LogP contribution is -2.39. The molecule has 0 spiro atoms. The number of piperidine rings is 1. The van der Waals surface area contributed by atoms with Gasteiger partial charge in [-0.25, -0.2) is 14.6 Å². The number of rotatable bonds is 7. The van der Waals surface area contributed by atoms with Crippen molar-refractivity contribution in [1.82, 2.24) is 19.5 Å². The Morgan fingerprint density at radius 1 is 0.975 bits per heavy atom. The van der Waals surface area contributed by atoms with Gasteiger partial charge in [-0.1, -0.05) is 49.0 Å². The maximum absolute atomic E-state index is 13.0. The van der Waals surface area contributed by atoms with E-state index in [2.05, 4.69) is 21.9 Å². The summed E-state index contributed by atoms with van der Waals surface area (Å²) in [7, 11) is 0. The molecule has 3 amide bonds. The number of amides is 3. The Morgan fingerprint density at radius 3 is 2.42 bits per heavy atom. The van der Waals surface area contributed by atoms with Crippen LogP contribution in [0.25, 0.3) is 22.4 Å². The number of pyridine rings is 1. The number of hydrogen-bond acceptors (Lipinski definition) is 6. The number of carbonyl (C=O) groups excluding carboxylic acids is 3. The third-order valence-corrected chi connectivity index (χ3v) is 6.96. The average Bonchev–Trinajstić information content (AvgIpc) is 3.34. The van der Waals surface area contributed by atoms with Gasteiger partial charge in [-0.2, -0.15) is 0 Å². The normalized spacial score (nSPS) is 14.9. The lowest BCUT2D eigenvalue weighted by molar-refractivity contribution is -0.129. The minimum absolute atomic E-state index is 0.0192. The molecule has 0 aliphatic carbocycles. The molecule has 2 aromatic carbocycles. The van der Waals surface area contributed by atoms with Gasteiger partial charge in [0.05, 0.1) is 6.04 Å². The number of nitrogen functional groups attached to an aromatic ring is 1. The van der Waals surface area contributed by atoms with Gasteiger partial charge in [0.1, 0.15) is 11.5 Å². The molecule has 10 nitrogen and oxygen atoms in total. The van der Waals surface area contributed by atoms with E-state index in [9.17, 15) is 14.4 Å². The fourth-order valence-electron chi connectivity index (χ4n) is 4.98. The summed E-state index contributed by atoms with van der Waals surface area (Å²) in [5, 5.41) is 2.82. The SMILES string of the molecule is C=CC(=O)N1CCCCC1c1nc(-c2ccc(C(=O)Nc3cc(-c4ccccc4)ccn3)cc2)c(C(N)=O)n1N. The van der Waals surface area contributed by atoms with E-state index in [1.165, 1.54) is 10.8 Å². The molecule has 1 fully saturated rings. The molecular formula is C30H29N7O3. The van der Waals surface area contributed by atoms with E-state index in [0.29, 0.717) is 35.7 Å². The van der Waals surface area contributed by atoms with Crippen LogP contribution in [0.4, 0.5) is 5.82 Å². The fraction of sp³-hybridized carbons (Fsp3) is 0.167. The second-order valence-electron chi connectivity index (χ2n) is 9.48. The Morgan fingerprint density at radius 2 is 1.73 bits per heavy atom. The quantitative estimate of drug-likeness (QED) is 0.241. The first-order valence-electron chi connectivity index (χ1n) is 12.9. The van der Waals surface area contributed by atoms with E-state index in [1.54, 1.807) is 35.4 Å². The summed E-state index contributed by atoms with van der Waals surface area (Å²) >= 11 is 0. The maximum atomic E-state index is 13.0. The zero-order valence-electron chi connectivity index (χ0n) is 21.8. The number of anilines is 1. The molecule has 5 rings (SSSR count). The molecule has 1 unspecified atom stereocenters. The van der Waals surface area contributed by atoms with Gasteiger partial charge >= 0.3 is 0 Å². The highest BCUT2D eigenvalue weighted by Gasteiger charge is 2.33. The molecule has 1 atom stereocenters. The molecule has 202 valence electrons. The van der Waals surface area contributed by atoms with E-state index >= 15 is 0 Å². The monoisotopic (exact) mass is 535 g/mol. The van der Waals surface area contributed by atoms with Gasteiger partial charge in [0, 0.05) is 23.9 Å². The largest absolute Gasteiger partial charge is 0.364 e. The first-order chi connectivity index (χ1) is 19.4. The molecule has 1 aliphatic rings. The molecule has 1 saturated heterocycles. The molecule has 3 heterocycles. The number of benzene rings is 2. The van der Waals surface area contributed by atoms with Gasteiger partial charge in [0.15, 0.2) is 11.5 Å². The molecule has 1 aliphatic heterocycles. The van der Waals surface area contributed by atoms with Gasteiger partial charge in [-0.05, 0) is 60.7 Å². The Kier molecular flexibility index (Phi) is 7.41. The molecule has 10 heteroatoms. The van der Waals surface area contributed by atoms with Crippen molar-refractivity contribution in [2.75, 3.05) is 17.7 Å². The lowest BCUT2D eigenvalue weighted by atomic mass is 10.0. The number of nitrogens with two attached hydrogens (primary N) is 2. The molecule has 0 radical (unpaired) electrons. The molecule has 2 aromatic heterocycles. The van der Waals surface area contributed by atoms with Crippen LogP contribution in [-0.2, 0) is 4.79 Å². The second kappa shape index (κ2) is 11.2. The van der Waals surface area contributed by atoms with Gasteiger partial charge in [-0.3, -0.25) is 14.4 Å². The summed E-state index contributed by atoms with van der Waals surface area (Å²) in [5.74, 6) is 5.78. The Labute approximate surface area is 231 Å². The van der Waals surface area contributed by atoms with E-state index in [1.807, 2.05) is 42.5 Å². The Hall–Kier alpha value is -5.25. The van der Waals surface area contributed by atoms with E-state index < -0.39 is 11.9 Å². The van der Waals surface area contributed by atoms with Crippen molar-refractivity contribution in [2.24, 2.45) is 5.73 Å². The average molecular weight is 536 g/mol. The second-order valence-corrected chi connectivity index (χ2v) is 9.48. The van der Waals surface area contributed by atoms with Crippen molar-refractivity contribution in [3.63, 3.8) is 0 Å². The zero-order chi connectivity index (χ0) is 28.2. The number of nitrogens with zero attached hydrogens (tertiary/aromatic N) is 4. The van der Waals surface area contributed by atoms with E-state index in [0.717, 1.165) is 24.0 Å². The standard InChI is InChI=1S/C30H29N7O3/c1-2-25(38)36-17-7-6-10-23(36)29-35-26(27(28(31)39)37(29)32)20-11-13-21(14-12-20)30(40)34-24-18-22(15-16-33-24)19-8-4-3-5-9-19/h2-5,8-9,11-16,18,23H,1,6-7,10,17,32H2,(H2,31,39)(H,33,34,40). The molecule has 0 saturated carbocycles. The molecule has 40 heavy (non-hydrogen) atoms. The van der Waals surface area contributed by atoms with Crippen LogP contribution in [0.5, 0.6) is 0 Å². The maximum Gasteiger partial charge on any atom is 0.269 e. The Balaban J connectivity index is 1.40. The summed E-state index contributed by atoms with van der Waals surface area (Å²) in [4.78, 5) is 48.4. The number of primary amides is 1. The van der Waals surface area contributed by atoms with Gasteiger partial charge < -0.3 is 21.8 Å². The number of nitrogens with one attached hydrogen (secondary N) is 1. The van der Waals surface area contributed by atoms with Crippen LogP contribution in [0.2, 0.25) is 0 Å². The van der Waals surface area contributed by atoms with Crippen molar-refractivity contribution in [2.45, 2.75) is 25.3 Å². The van der Waals surface area contributed by atoms with Gasteiger partial charge in [-0.15, -0.1) is 0 Å². The summed E-state index contributed by atoms with van der Waals surface area (Å²) in [5.41, 5.74) is 8.87. The smallest absolute Gasteiger partial charge is 0.269 e. The summed E-state index contributed by atoms with van der Waals surface area (Å²) in [6.45, 7) is 4.13. The summed E-state index contributed by atoms with van der Waals surface area (Å²) in [6, 6.07) is 19.7. The molecule has 4 aromatic rings. The van der Waals surface area contributed by atoms with E-state index in [-0.39, 0.29) is 23.2 Å². The highest BCUT2D eigenvalue weighted by Crippen LogP contribution is 2.33. The first kappa shape index (κ1) is 26.4. The summed E-state index contributed by atoms with van der Waals surface area (Å²) < 4.78 is 1.17. The van der Waals surface area contributed by atoms with Gasteiger partial charge in [0.25, 0.3) is 11.8 Å².